The Balaban J connectivity index is 1.60. The van der Waals surface area contributed by atoms with E-state index < -0.39 is 17.5 Å². The van der Waals surface area contributed by atoms with Crippen LogP contribution in [0.2, 0.25) is 0 Å². The minimum Gasteiger partial charge on any atom is -0.454 e. The Labute approximate surface area is 187 Å². The topological polar surface area (TPSA) is 84.9 Å². The molecule has 1 N–H and O–H groups in total. The van der Waals surface area contributed by atoms with E-state index in [-0.39, 0.29) is 25.0 Å². The predicted octanol–water partition coefficient (Wildman–Crippen LogP) is 4.31. The van der Waals surface area contributed by atoms with Gasteiger partial charge in [0.05, 0.1) is 6.54 Å². The summed E-state index contributed by atoms with van der Waals surface area (Å²) in [5.74, 6) is 0.848. The van der Waals surface area contributed by atoms with Gasteiger partial charge in [-0.15, -0.1) is 0 Å². The van der Waals surface area contributed by atoms with Crippen LogP contribution in [-0.4, -0.2) is 36.0 Å². The summed E-state index contributed by atoms with van der Waals surface area (Å²) in [5, 5.41) is 2.74. The SMILES string of the molecule is CC(C)c1ccc(C(=O)CN2C(=O)N[C@](C)(c3ccc4c(c3)OCO4)C2=O)c(C(C)C)c1. The van der Waals surface area contributed by atoms with Gasteiger partial charge < -0.3 is 14.8 Å². The molecule has 1 atom stereocenters. The first kappa shape index (κ1) is 21.9. The number of nitrogens with one attached hydrogen (secondary N) is 1. The Morgan fingerprint density at radius 1 is 1.03 bits per heavy atom. The molecule has 1 fully saturated rings. The van der Waals surface area contributed by atoms with E-state index in [1.807, 2.05) is 32.0 Å². The Morgan fingerprint density at radius 2 is 1.75 bits per heavy atom. The van der Waals surface area contributed by atoms with Gasteiger partial charge >= 0.3 is 6.03 Å². The van der Waals surface area contributed by atoms with E-state index in [0.717, 1.165) is 16.0 Å². The first-order valence-electron chi connectivity index (χ1n) is 10.8. The van der Waals surface area contributed by atoms with E-state index in [2.05, 4.69) is 19.2 Å². The summed E-state index contributed by atoms with van der Waals surface area (Å²) in [6.45, 7) is 9.69. The molecule has 7 heteroatoms. The molecule has 4 rings (SSSR count). The fourth-order valence-electron chi connectivity index (χ4n) is 4.14. The van der Waals surface area contributed by atoms with Crippen LogP contribution >= 0.6 is 0 Å². The lowest BCUT2D eigenvalue weighted by atomic mass is 9.89. The van der Waals surface area contributed by atoms with E-state index in [4.69, 9.17) is 9.47 Å². The van der Waals surface area contributed by atoms with Crippen molar-refractivity contribution in [2.24, 2.45) is 0 Å². The maximum absolute atomic E-state index is 13.3. The van der Waals surface area contributed by atoms with E-state index in [1.165, 1.54) is 0 Å². The number of ether oxygens (including phenoxy) is 2. The van der Waals surface area contributed by atoms with Gasteiger partial charge in [-0.2, -0.15) is 0 Å². The van der Waals surface area contributed by atoms with E-state index >= 15 is 0 Å². The van der Waals surface area contributed by atoms with Crippen molar-refractivity contribution in [3.05, 3.63) is 58.7 Å². The molecule has 2 aromatic carbocycles. The van der Waals surface area contributed by atoms with Crippen LogP contribution in [0.4, 0.5) is 4.79 Å². The number of rotatable bonds is 6. The van der Waals surface area contributed by atoms with Crippen molar-refractivity contribution in [2.75, 3.05) is 13.3 Å². The zero-order chi connectivity index (χ0) is 23.2. The van der Waals surface area contributed by atoms with Crippen LogP contribution in [0, 0.1) is 0 Å². The van der Waals surface area contributed by atoms with Gasteiger partial charge in [-0.3, -0.25) is 14.5 Å². The molecule has 0 unspecified atom stereocenters. The van der Waals surface area contributed by atoms with Gasteiger partial charge in [0.15, 0.2) is 17.3 Å². The summed E-state index contributed by atoms with van der Waals surface area (Å²) in [4.78, 5) is 40.2. The van der Waals surface area contributed by atoms with Gasteiger partial charge in [-0.05, 0) is 47.6 Å². The van der Waals surface area contributed by atoms with Crippen molar-refractivity contribution >= 4 is 17.7 Å². The molecular weight excluding hydrogens is 408 g/mol. The zero-order valence-corrected chi connectivity index (χ0v) is 19.0. The molecule has 168 valence electrons. The molecule has 7 nitrogen and oxygen atoms in total. The van der Waals surface area contributed by atoms with Crippen LogP contribution in [0.3, 0.4) is 0 Å². The monoisotopic (exact) mass is 436 g/mol. The van der Waals surface area contributed by atoms with Crippen LogP contribution in [0.5, 0.6) is 11.5 Å². The number of urea groups is 1. The summed E-state index contributed by atoms with van der Waals surface area (Å²) in [5.41, 5.74) is 1.89. The Morgan fingerprint density at radius 3 is 2.44 bits per heavy atom. The van der Waals surface area contributed by atoms with Crippen LogP contribution in [0.1, 0.15) is 73.5 Å². The number of nitrogens with zero attached hydrogens (tertiary/aromatic N) is 1. The maximum atomic E-state index is 13.3. The number of Topliss-reactive ketones (excluding diaryl/α,β-unsaturated/α-hetero) is 1. The lowest BCUT2D eigenvalue weighted by Gasteiger charge is -2.22. The molecule has 0 radical (unpaired) electrons. The van der Waals surface area contributed by atoms with Crippen LogP contribution in [0.15, 0.2) is 36.4 Å². The average molecular weight is 437 g/mol. The zero-order valence-electron chi connectivity index (χ0n) is 19.0. The van der Waals surface area contributed by atoms with Crippen LogP contribution in [0.25, 0.3) is 0 Å². The second kappa shape index (κ2) is 7.97. The fraction of sp³-hybridized carbons (Fsp3) is 0.400. The molecule has 2 heterocycles. The minimum absolute atomic E-state index is 0.115. The Bertz CT molecular complexity index is 1110. The number of carbonyl (C=O) groups is 3. The van der Waals surface area contributed by atoms with Gasteiger partial charge in [0.25, 0.3) is 5.91 Å². The number of imide groups is 1. The van der Waals surface area contributed by atoms with Crippen molar-refractivity contribution in [3.8, 4) is 11.5 Å². The highest BCUT2D eigenvalue weighted by Crippen LogP contribution is 2.38. The van der Waals surface area contributed by atoms with Crippen molar-refractivity contribution in [3.63, 3.8) is 0 Å². The minimum atomic E-state index is -1.29. The third-order valence-corrected chi connectivity index (χ3v) is 6.19. The summed E-state index contributed by atoms with van der Waals surface area (Å²) in [6, 6.07) is 10.3. The molecule has 1 saturated heterocycles. The van der Waals surface area contributed by atoms with Crippen molar-refractivity contribution in [2.45, 2.75) is 52.0 Å². The van der Waals surface area contributed by atoms with Crippen molar-refractivity contribution in [1.29, 1.82) is 0 Å². The number of hydrogen-bond acceptors (Lipinski definition) is 5. The lowest BCUT2D eigenvalue weighted by Crippen LogP contribution is -2.41. The summed E-state index contributed by atoms with van der Waals surface area (Å²) < 4.78 is 10.7. The molecule has 0 aliphatic carbocycles. The number of amides is 3. The molecule has 2 aromatic rings. The molecular formula is C25H28N2O5. The van der Waals surface area contributed by atoms with Gasteiger partial charge in [-0.25, -0.2) is 4.79 Å². The van der Waals surface area contributed by atoms with Crippen LogP contribution in [-0.2, 0) is 10.3 Å². The second-order valence-corrected chi connectivity index (χ2v) is 9.09. The molecule has 32 heavy (non-hydrogen) atoms. The van der Waals surface area contributed by atoms with E-state index in [0.29, 0.717) is 28.5 Å². The quantitative estimate of drug-likeness (QED) is 0.539. The van der Waals surface area contributed by atoms with Gasteiger partial charge in [-0.1, -0.05) is 52.0 Å². The summed E-state index contributed by atoms with van der Waals surface area (Å²) >= 11 is 0. The average Bonchev–Trinajstić information content (AvgIpc) is 3.31. The number of carbonyl (C=O) groups excluding carboxylic acids is 3. The summed E-state index contributed by atoms with van der Waals surface area (Å²) in [6.07, 6.45) is 0. The molecule has 0 bridgehead atoms. The highest BCUT2D eigenvalue weighted by atomic mass is 16.7. The van der Waals surface area contributed by atoms with Crippen molar-refractivity contribution < 1.29 is 23.9 Å². The Kier molecular flexibility index (Phi) is 5.44. The maximum Gasteiger partial charge on any atom is 0.325 e. The highest BCUT2D eigenvalue weighted by molar-refractivity contribution is 6.11. The molecule has 2 aliphatic rings. The van der Waals surface area contributed by atoms with Gasteiger partial charge in [0.2, 0.25) is 6.79 Å². The first-order valence-corrected chi connectivity index (χ1v) is 10.8. The normalized spacial score (nSPS) is 19.8. The Hall–Kier alpha value is -3.35. The van der Waals surface area contributed by atoms with E-state index in [1.54, 1.807) is 25.1 Å². The molecule has 0 saturated carbocycles. The number of ketones is 1. The molecule has 0 aromatic heterocycles. The largest absolute Gasteiger partial charge is 0.454 e. The van der Waals surface area contributed by atoms with Gasteiger partial charge in [0, 0.05) is 5.56 Å². The van der Waals surface area contributed by atoms with Gasteiger partial charge in [0.1, 0.15) is 5.54 Å². The number of fused-ring (bicyclic) bond motifs is 1. The standard InChI is InChI=1S/C25H28N2O5/c1-14(2)16-6-8-18(19(10-16)15(3)4)20(28)12-27-23(29)25(5,26-24(27)30)17-7-9-21-22(11-17)32-13-31-21/h6-11,14-15H,12-13H2,1-5H3,(H,26,30)/t25-/m1/s1. The number of hydrogen-bond donors (Lipinski definition) is 1. The molecule has 2 aliphatic heterocycles. The number of benzene rings is 2. The lowest BCUT2D eigenvalue weighted by molar-refractivity contribution is -0.130. The predicted molar refractivity (Wildman–Crippen MR) is 119 cm³/mol. The highest BCUT2D eigenvalue weighted by Gasteiger charge is 2.50. The summed E-state index contributed by atoms with van der Waals surface area (Å²) in [7, 11) is 0. The smallest absolute Gasteiger partial charge is 0.325 e. The fourth-order valence-corrected chi connectivity index (χ4v) is 4.14. The molecule has 0 spiro atoms. The third kappa shape index (κ3) is 3.61. The first-order chi connectivity index (χ1) is 15.1. The molecule has 3 amide bonds. The third-order valence-electron chi connectivity index (χ3n) is 6.19. The second-order valence-electron chi connectivity index (χ2n) is 9.09. The van der Waals surface area contributed by atoms with E-state index in [9.17, 15) is 14.4 Å². The van der Waals surface area contributed by atoms with Crippen molar-refractivity contribution in [1.82, 2.24) is 10.2 Å². The van der Waals surface area contributed by atoms with Crippen LogP contribution < -0.4 is 14.8 Å².